The van der Waals surface area contributed by atoms with Crippen LogP contribution in [0.3, 0.4) is 0 Å². The first-order valence-electron chi connectivity index (χ1n) is 9.29. The minimum absolute atomic E-state index is 0.219. The number of ether oxygens (including phenoxy) is 1. The average Bonchev–Trinajstić information content (AvgIpc) is 2.68. The Balaban J connectivity index is 1.53. The van der Waals surface area contributed by atoms with Crippen molar-refractivity contribution in [3.8, 4) is 16.9 Å². The number of benzene rings is 2. The van der Waals surface area contributed by atoms with Crippen molar-refractivity contribution in [3.05, 3.63) is 54.6 Å². The second-order valence-electron chi connectivity index (χ2n) is 6.99. The summed E-state index contributed by atoms with van der Waals surface area (Å²) < 4.78 is 5.74. The fraction of sp³-hybridized carbons (Fsp3) is 0.364. The largest absolute Gasteiger partial charge is 0.481 e. The number of hydrazone groups is 1. The summed E-state index contributed by atoms with van der Waals surface area (Å²) in [5, 5.41) is 4.27. The van der Waals surface area contributed by atoms with Gasteiger partial charge in [-0.2, -0.15) is 5.10 Å². The van der Waals surface area contributed by atoms with Crippen molar-refractivity contribution in [2.45, 2.75) is 45.6 Å². The molecule has 0 aromatic heterocycles. The van der Waals surface area contributed by atoms with Gasteiger partial charge in [-0.1, -0.05) is 49.4 Å². The van der Waals surface area contributed by atoms with Gasteiger partial charge < -0.3 is 4.74 Å². The third-order valence-electron chi connectivity index (χ3n) is 4.82. The predicted octanol–water partition coefficient (Wildman–Crippen LogP) is 4.80. The Morgan fingerprint density at radius 1 is 1.04 bits per heavy atom. The van der Waals surface area contributed by atoms with Gasteiger partial charge in [-0.15, -0.1) is 0 Å². The molecule has 136 valence electrons. The van der Waals surface area contributed by atoms with Gasteiger partial charge in [0.05, 0.1) is 0 Å². The minimum Gasteiger partial charge on any atom is -0.481 e. The first-order chi connectivity index (χ1) is 12.6. The van der Waals surface area contributed by atoms with Crippen molar-refractivity contribution in [2.24, 2.45) is 11.0 Å². The number of amides is 1. The molecule has 0 spiro atoms. The molecular formula is C22H26N2O2. The molecule has 0 aliphatic heterocycles. The molecule has 0 heterocycles. The van der Waals surface area contributed by atoms with Crippen molar-refractivity contribution < 1.29 is 9.53 Å². The van der Waals surface area contributed by atoms with E-state index in [1.165, 1.54) is 0 Å². The smallest absolute Gasteiger partial charge is 0.280 e. The summed E-state index contributed by atoms with van der Waals surface area (Å²) in [7, 11) is 0. The minimum atomic E-state index is -0.593. The molecule has 2 aromatic rings. The van der Waals surface area contributed by atoms with Crippen LogP contribution in [0.5, 0.6) is 5.75 Å². The normalized spacial score (nSPS) is 18.1. The van der Waals surface area contributed by atoms with Gasteiger partial charge in [0.2, 0.25) is 0 Å². The molecule has 4 heteroatoms. The second kappa shape index (κ2) is 8.65. The maximum Gasteiger partial charge on any atom is 0.280 e. The SMILES string of the molecule is CC1CCC(=NNC(=O)[C@H](C)Oc2ccc(-c3ccccc3)cc2)CC1. The molecule has 0 unspecified atom stereocenters. The van der Waals surface area contributed by atoms with Crippen LogP contribution in [-0.4, -0.2) is 17.7 Å². The van der Waals surface area contributed by atoms with E-state index in [0.29, 0.717) is 5.75 Å². The Bertz CT molecular complexity index is 743. The van der Waals surface area contributed by atoms with E-state index < -0.39 is 6.10 Å². The van der Waals surface area contributed by atoms with Crippen molar-refractivity contribution in [1.29, 1.82) is 0 Å². The molecule has 0 radical (unpaired) electrons. The summed E-state index contributed by atoms with van der Waals surface area (Å²) in [4.78, 5) is 12.2. The quantitative estimate of drug-likeness (QED) is 0.787. The summed E-state index contributed by atoms with van der Waals surface area (Å²) in [6.45, 7) is 4.00. The number of hydrogen-bond acceptors (Lipinski definition) is 3. The van der Waals surface area contributed by atoms with E-state index in [-0.39, 0.29) is 5.91 Å². The van der Waals surface area contributed by atoms with Crippen LogP contribution in [-0.2, 0) is 4.79 Å². The van der Waals surface area contributed by atoms with Gasteiger partial charge in [-0.3, -0.25) is 4.79 Å². The van der Waals surface area contributed by atoms with Crippen LogP contribution in [0.4, 0.5) is 0 Å². The number of nitrogens with one attached hydrogen (secondary N) is 1. The molecule has 0 saturated heterocycles. The molecular weight excluding hydrogens is 324 g/mol. The highest BCUT2D eigenvalue weighted by molar-refractivity contribution is 5.87. The van der Waals surface area contributed by atoms with Crippen LogP contribution in [0.2, 0.25) is 0 Å². The molecule has 1 amide bonds. The van der Waals surface area contributed by atoms with Gasteiger partial charge in [0, 0.05) is 5.71 Å². The first kappa shape index (κ1) is 18.2. The van der Waals surface area contributed by atoms with E-state index in [1.807, 2.05) is 42.5 Å². The number of carbonyl (C=O) groups excluding carboxylic acids is 1. The van der Waals surface area contributed by atoms with Gasteiger partial charge in [0.15, 0.2) is 6.10 Å². The van der Waals surface area contributed by atoms with Crippen LogP contribution in [0.1, 0.15) is 39.5 Å². The van der Waals surface area contributed by atoms with Crippen molar-refractivity contribution in [2.75, 3.05) is 0 Å². The topological polar surface area (TPSA) is 50.7 Å². The van der Waals surface area contributed by atoms with Crippen LogP contribution in [0.25, 0.3) is 11.1 Å². The third-order valence-corrected chi connectivity index (χ3v) is 4.82. The number of nitrogens with zero attached hydrogens (tertiary/aromatic N) is 1. The van der Waals surface area contributed by atoms with Crippen LogP contribution >= 0.6 is 0 Å². The number of hydrogen-bond donors (Lipinski definition) is 1. The highest BCUT2D eigenvalue weighted by Crippen LogP contribution is 2.23. The zero-order chi connectivity index (χ0) is 18.4. The first-order valence-corrected chi connectivity index (χ1v) is 9.29. The van der Waals surface area contributed by atoms with Gasteiger partial charge in [0.1, 0.15) is 5.75 Å². The molecule has 1 fully saturated rings. The number of rotatable bonds is 5. The molecule has 4 nitrogen and oxygen atoms in total. The highest BCUT2D eigenvalue weighted by atomic mass is 16.5. The van der Waals surface area contributed by atoms with Gasteiger partial charge in [0.25, 0.3) is 5.91 Å². The molecule has 26 heavy (non-hydrogen) atoms. The van der Waals surface area contributed by atoms with Gasteiger partial charge in [-0.05, 0) is 61.8 Å². The van der Waals surface area contributed by atoms with Crippen molar-refractivity contribution in [3.63, 3.8) is 0 Å². The Morgan fingerprint density at radius 2 is 1.65 bits per heavy atom. The number of carbonyl (C=O) groups is 1. The molecule has 1 N–H and O–H groups in total. The monoisotopic (exact) mass is 350 g/mol. The Labute approximate surface area is 155 Å². The average molecular weight is 350 g/mol. The lowest BCUT2D eigenvalue weighted by molar-refractivity contribution is -0.127. The van der Waals surface area contributed by atoms with E-state index in [2.05, 4.69) is 29.6 Å². The molecule has 1 atom stereocenters. The van der Waals surface area contributed by atoms with Crippen LogP contribution < -0.4 is 10.2 Å². The van der Waals surface area contributed by atoms with E-state index in [9.17, 15) is 4.79 Å². The van der Waals surface area contributed by atoms with Crippen molar-refractivity contribution in [1.82, 2.24) is 5.43 Å². The summed E-state index contributed by atoms with van der Waals surface area (Å²) in [5.41, 5.74) is 6.00. The Kier molecular flexibility index (Phi) is 6.05. The third kappa shape index (κ3) is 4.94. The van der Waals surface area contributed by atoms with Crippen molar-refractivity contribution >= 4 is 11.6 Å². The van der Waals surface area contributed by atoms with E-state index in [4.69, 9.17) is 4.74 Å². The summed E-state index contributed by atoms with van der Waals surface area (Å²) in [5.74, 6) is 1.21. The lowest BCUT2D eigenvalue weighted by atomic mass is 9.90. The zero-order valence-electron chi connectivity index (χ0n) is 15.4. The van der Waals surface area contributed by atoms with E-state index in [0.717, 1.165) is 48.4 Å². The van der Waals surface area contributed by atoms with Gasteiger partial charge in [-0.25, -0.2) is 5.43 Å². The lowest BCUT2D eigenvalue weighted by Crippen LogP contribution is -2.34. The van der Waals surface area contributed by atoms with Crippen LogP contribution in [0.15, 0.2) is 59.7 Å². The molecule has 3 rings (SSSR count). The Morgan fingerprint density at radius 3 is 2.31 bits per heavy atom. The maximum atomic E-state index is 12.2. The Hall–Kier alpha value is -2.62. The second-order valence-corrected chi connectivity index (χ2v) is 6.99. The molecule has 1 aliphatic carbocycles. The molecule has 2 aromatic carbocycles. The van der Waals surface area contributed by atoms with Crippen LogP contribution in [0, 0.1) is 5.92 Å². The standard InChI is InChI=1S/C22H26N2O2/c1-16-8-12-20(13-9-16)23-24-22(25)17(2)26-21-14-10-19(11-15-21)18-6-4-3-5-7-18/h3-7,10-11,14-17H,8-9,12-13H2,1-2H3,(H,24,25)/t16?,17-/m0/s1. The fourth-order valence-electron chi connectivity index (χ4n) is 3.05. The zero-order valence-corrected chi connectivity index (χ0v) is 15.4. The molecule has 1 aliphatic rings. The van der Waals surface area contributed by atoms with E-state index >= 15 is 0 Å². The van der Waals surface area contributed by atoms with E-state index in [1.54, 1.807) is 6.92 Å². The molecule has 1 saturated carbocycles. The molecule has 0 bridgehead atoms. The maximum absolute atomic E-state index is 12.2. The summed E-state index contributed by atoms with van der Waals surface area (Å²) in [6.07, 6.45) is 3.64. The summed E-state index contributed by atoms with van der Waals surface area (Å²) in [6, 6.07) is 17.9. The predicted molar refractivity (Wildman–Crippen MR) is 105 cm³/mol. The van der Waals surface area contributed by atoms with Gasteiger partial charge >= 0.3 is 0 Å². The fourth-order valence-corrected chi connectivity index (χ4v) is 3.05. The lowest BCUT2D eigenvalue weighted by Gasteiger charge is -2.19. The summed E-state index contributed by atoms with van der Waals surface area (Å²) >= 11 is 0. The highest BCUT2D eigenvalue weighted by Gasteiger charge is 2.17.